The van der Waals surface area contributed by atoms with Crippen LogP contribution < -0.4 is 4.74 Å². The Kier molecular flexibility index (Phi) is 5.67. The third kappa shape index (κ3) is 3.63. The van der Waals surface area contributed by atoms with Gasteiger partial charge in [0.1, 0.15) is 5.82 Å². The molecule has 1 saturated heterocycles. The number of ether oxygens (including phenoxy) is 2. The number of benzene rings is 2. The molecule has 0 amide bonds. The van der Waals surface area contributed by atoms with Crippen LogP contribution in [0.5, 0.6) is 5.75 Å². The molecule has 0 bridgehead atoms. The van der Waals surface area contributed by atoms with Crippen molar-refractivity contribution in [3.05, 3.63) is 66.0 Å². The van der Waals surface area contributed by atoms with Gasteiger partial charge in [-0.25, -0.2) is 8.78 Å². The first-order chi connectivity index (χ1) is 12.5. The van der Waals surface area contributed by atoms with Crippen molar-refractivity contribution in [2.45, 2.75) is 31.8 Å². The summed E-state index contributed by atoms with van der Waals surface area (Å²) in [6.45, 7) is 6.04. The van der Waals surface area contributed by atoms with Crippen molar-refractivity contribution in [1.29, 1.82) is 0 Å². The van der Waals surface area contributed by atoms with Gasteiger partial charge in [0.15, 0.2) is 11.6 Å². The van der Waals surface area contributed by atoms with Crippen LogP contribution in [-0.4, -0.2) is 19.3 Å². The molecule has 2 nitrogen and oxygen atoms in total. The minimum absolute atomic E-state index is 0.00280. The van der Waals surface area contributed by atoms with Crippen LogP contribution >= 0.6 is 0 Å². The summed E-state index contributed by atoms with van der Waals surface area (Å²) in [5, 5.41) is 0. The second-order valence-electron chi connectivity index (χ2n) is 6.29. The van der Waals surface area contributed by atoms with E-state index in [4.69, 9.17) is 9.47 Å². The van der Waals surface area contributed by atoms with E-state index in [1.165, 1.54) is 18.2 Å². The Morgan fingerprint density at radius 2 is 1.96 bits per heavy atom. The lowest BCUT2D eigenvalue weighted by molar-refractivity contribution is 0.0321. The smallest absolute Gasteiger partial charge is 0.201 e. The normalized spacial score (nSPS) is 20.0. The van der Waals surface area contributed by atoms with Gasteiger partial charge < -0.3 is 9.47 Å². The Labute approximate surface area is 151 Å². The molecule has 26 heavy (non-hydrogen) atoms. The third-order valence-electron chi connectivity index (χ3n) is 4.67. The molecule has 2 aromatic carbocycles. The summed E-state index contributed by atoms with van der Waals surface area (Å²) >= 11 is 0. The van der Waals surface area contributed by atoms with Gasteiger partial charge in [-0.15, -0.1) is 6.58 Å². The Balaban J connectivity index is 1.86. The topological polar surface area (TPSA) is 18.5 Å². The van der Waals surface area contributed by atoms with Crippen molar-refractivity contribution in [3.63, 3.8) is 0 Å². The first kappa shape index (κ1) is 18.5. The van der Waals surface area contributed by atoms with Crippen molar-refractivity contribution in [2.75, 3.05) is 13.2 Å². The Morgan fingerprint density at radius 1 is 1.15 bits per heavy atom. The zero-order valence-electron chi connectivity index (χ0n) is 14.6. The summed E-state index contributed by atoms with van der Waals surface area (Å²) < 4.78 is 53.7. The predicted molar refractivity (Wildman–Crippen MR) is 94.8 cm³/mol. The van der Waals surface area contributed by atoms with Crippen molar-refractivity contribution in [3.8, 4) is 16.9 Å². The maximum Gasteiger partial charge on any atom is 0.201 e. The molecular weight excluding hydrogens is 341 g/mol. The SMILES string of the molecule is C=CC1CCC(c2ccc(-c3ccc(OCC)c(F)c3F)cc2F)CO1. The molecule has 138 valence electrons. The Morgan fingerprint density at radius 3 is 2.58 bits per heavy atom. The van der Waals surface area contributed by atoms with E-state index in [0.29, 0.717) is 12.2 Å². The van der Waals surface area contributed by atoms with E-state index in [1.54, 1.807) is 25.1 Å². The van der Waals surface area contributed by atoms with E-state index >= 15 is 0 Å². The highest BCUT2D eigenvalue weighted by Gasteiger charge is 2.24. The molecule has 1 aliphatic rings. The fraction of sp³-hybridized carbons (Fsp3) is 0.333. The quantitative estimate of drug-likeness (QED) is 0.643. The van der Waals surface area contributed by atoms with Crippen LogP contribution in [0.4, 0.5) is 13.2 Å². The first-order valence-electron chi connectivity index (χ1n) is 8.69. The molecule has 1 heterocycles. The minimum Gasteiger partial charge on any atom is -0.491 e. The minimum atomic E-state index is -1.06. The summed E-state index contributed by atoms with van der Waals surface area (Å²) in [7, 11) is 0. The van der Waals surface area contributed by atoms with Crippen LogP contribution in [0.2, 0.25) is 0 Å². The van der Waals surface area contributed by atoms with Gasteiger partial charge in [-0.05, 0) is 49.1 Å². The highest BCUT2D eigenvalue weighted by Crippen LogP contribution is 2.34. The van der Waals surface area contributed by atoms with Gasteiger partial charge in [-0.3, -0.25) is 0 Å². The van der Waals surface area contributed by atoms with Gasteiger partial charge in [0.05, 0.1) is 19.3 Å². The standard InChI is InChI=1S/C21H21F3O2/c1-3-15-7-5-14(12-26-15)16-8-6-13(11-18(16)22)17-9-10-19(25-4-2)21(24)20(17)23/h3,6,8-11,14-15H,1,4-5,7,12H2,2H3. The first-order valence-corrected chi connectivity index (χ1v) is 8.69. The van der Waals surface area contributed by atoms with Crippen LogP contribution in [0.25, 0.3) is 11.1 Å². The zero-order valence-corrected chi connectivity index (χ0v) is 14.6. The van der Waals surface area contributed by atoms with Gasteiger partial charge in [-0.2, -0.15) is 4.39 Å². The van der Waals surface area contributed by atoms with E-state index in [2.05, 4.69) is 6.58 Å². The van der Waals surface area contributed by atoms with Gasteiger partial charge >= 0.3 is 0 Å². The Hall–Kier alpha value is -2.27. The third-order valence-corrected chi connectivity index (χ3v) is 4.67. The van der Waals surface area contributed by atoms with Crippen LogP contribution in [0.3, 0.4) is 0 Å². The van der Waals surface area contributed by atoms with Crippen molar-refractivity contribution in [1.82, 2.24) is 0 Å². The van der Waals surface area contributed by atoms with Crippen molar-refractivity contribution < 1.29 is 22.6 Å². The molecule has 0 radical (unpaired) electrons. The van der Waals surface area contributed by atoms with E-state index in [1.807, 2.05) is 0 Å². The molecule has 1 fully saturated rings. The summed E-state index contributed by atoms with van der Waals surface area (Å²) in [5.41, 5.74) is 0.817. The predicted octanol–water partition coefficient (Wildman–Crippen LogP) is 5.62. The lowest BCUT2D eigenvalue weighted by Crippen LogP contribution is -2.23. The highest BCUT2D eigenvalue weighted by atomic mass is 19.2. The van der Waals surface area contributed by atoms with E-state index < -0.39 is 17.5 Å². The number of halogens is 3. The molecule has 0 N–H and O–H groups in total. The molecule has 1 aliphatic heterocycles. The summed E-state index contributed by atoms with van der Waals surface area (Å²) in [5.74, 6) is -2.76. The van der Waals surface area contributed by atoms with Gasteiger partial charge in [0, 0.05) is 11.5 Å². The van der Waals surface area contributed by atoms with E-state index in [9.17, 15) is 13.2 Å². The molecule has 2 aromatic rings. The van der Waals surface area contributed by atoms with Crippen molar-refractivity contribution >= 4 is 0 Å². The second-order valence-corrected chi connectivity index (χ2v) is 6.29. The summed E-state index contributed by atoms with van der Waals surface area (Å²) in [6, 6.07) is 7.23. The monoisotopic (exact) mass is 362 g/mol. The summed E-state index contributed by atoms with van der Waals surface area (Å²) in [4.78, 5) is 0. The molecular formula is C21H21F3O2. The van der Waals surface area contributed by atoms with Gasteiger partial charge in [0.2, 0.25) is 5.82 Å². The number of hydrogen-bond donors (Lipinski definition) is 0. The van der Waals surface area contributed by atoms with E-state index in [-0.39, 0.29) is 35.5 Å². The number of rotatable bonds is 5. The fourth-order valence-corrected chi connectivity index (χ4v) is 3.25. The fourth-order valence-electron chi connectivity index (χ4n) is 3.25. The molecule has 0 saturated carbocycles. The van der Waals surface area contributed by atoms with E-state index in [0.717, 1.165) is 12.8 Å². The Bertz CT molecular complexity index is 796. The molecule has 2 atom stereocenters. The maximum atomic E-state index is 14.6. The maximum absolute atomic E-state index is 14.6. The average Bonchev–Trinajstić information content (AvgIpc) is 2.66. The lowest BCUT2D eigenvalue weighted by Gasteiger charge is -2.27. The van der Waals surface area contributed by atoms with Crippen molar-refractivity contribution in [2.24, 2.45) is 0 Å². The van der Waals surface area contributed by atoms with Crippen LogP contribution in [-0.2, 0) is 4.74 Å². The zero-order chi connectivity index (χ0) is 18.7. The lowest BCUT2D eigenvalue weighted by atomic mass is 9.89. The van der Waals surface area contributed by atoms with Crippen LogP contribution in [0.15, 0.2) is 43.0 Å². The highest BCUT2D eigenvalue weighted by molar-refractivity contribution is 5.66. The molecule has 3 rings (SSSR count). The van der Waals surface area contributed by atoms with Gasteiger partial charge in [0.25, 0.3) is 0 Å². The largest absolute Gasteiger partial charge is 0.491 e. The molecule has 0 aliphatic carbocycles. The molecule has 2 unspecified atom stereocenters. The van der Waals surface area contributed by atoms with Gasteiger partial charge in [-0.1, -0.05) is 18.2 Å². The molecule has 5 heteroatoms. The van der Waals surface area contributed by atoms with Crippen LogP contribution in [0, 0.1) is 17.5 Å². The second kappa shape index (κ2) is 7.96. The average molecular weight is 362 g/mol. The molecule has 0 aromatic heterocycles. The summed E-state index contributed by atoms with van der Waals surface area (Å²) in [6.07, 6.45) is 3.33. The van der Waals surface area contributed by atoms with Crippen LogP contribution in [0.1, 0.15) is 31.2 Å². The number of hydrogen-bond acceptors (Lipinski definition) is 2. The molecule has 0 spiro atoms.